The van der Waals surface area contributed by atoms with Crippen LogP contribution >= 0.6 is 11.3 Å². The van der Waals surface area contributed by atoms with Gasteiger partial charge >= 0.3 is 0 Å². The first-order valence-electron chi connectivity index (χ1n) is 19.9. The first-order valence-corrected chi connectivity index (χ1v) is 20.7. The van der Waals surface area contributed by atoms with Gasteiger partial charge in [-0.05, 0) is 104 Å². The number of rotatable bonds is 4. The second-order valence-electron chi connectivity index (χ2n) is 16.9. The molecule has 2 aliphatic rings. The van der Waals surface area contributed by atoms with Crippen LogP contribution in [0.2, 0.25) is 0 Å². The average Bonchev–Trinajstić information content (AvgIpc) is 3.94. The molecule has 0 saturated heterocycles. The zero-order valence-electron chi connectivity index (χ0n) is 32.4. The van der Waals surface area contributed by atoms with E-state index in [0.29, 0.717) is 0 Å². The van der Waals surface area contributed by atoms with Crippen molar-refractivity contribution in [2.24, 2.45) is 0 Å². The molecule has 0 unspecified atom stereocenters. The molecule has 10 aromatic rings. The van der Waals surface area contributed by atoms with Crippen molar-refractivity contribution in [1.82, 2.24) is 0 Å². The number of hydrogen-bond donors (Lipinski definition) is 0. The normalized spacial score (nSPS) is 14.6. The molecule has 0 spiro atoms. The Labute approximate surface area is 336 Å². The van der Waals surface area contributed by atoms with Crippen LogP contribution < -0.4 is 4.90 Å². The maximum atomic E-state index is 6.74. The number of nitrogens with zero attached hydrogens (tertiary/aromatic N) is 1. The summed E-state index contributed by atoms with van der Waals surface area (Å²) >= 11 is 1.85. The molecule has 2 aromatic heterocycles. The second kappa shape index (κ2) is 11.6. The van der Waals surface area contributed by atoms with Crippen molar-refractivity contribution >= 4 is 70.5 Å². The maximum absolute atomic E-state index is 6.74. The Morgan fingerprint density at radius 3 is 1.82 bits per heavy atom. The lowest BCUT2D eigenvalue weighted by atomic mass is 9.81. The van der Waals surface area contributed by atoms with Gasteiger partial charge in [0.15, 0.2) is 0 Å². The Morgan fingerprint density at radius 1 is 0.456 bits per heavy atom. The summed E-state index contributed by atoms with van der Waals surface area (Å²) in [6, 6.07) is 60.8. The smallest absolute Gasteiger partial charge is 0.144 e. The Balaban J connectivity index is 1.12. The standard InChI is InChI=1S/C54H39NOS/c1-53(2)43-20-9-5-16-36(43)38-26-24-33(29-45(38)53)32-14-13-15-34(28-32)55(35-25-27-39-37-17-6-10-21-44(37)54(3,4)46(39)30-35)47-31-42-40-18-7-11-22-48(40)56-51(42)50-41-19-8-12-23-49(41)57-52(47)50/h5-31H,1-4H3. The number of hydrogen-bond acceptors (Lipinski definition) is 3. The Kier molecular flexibility index (Phi) is 6.65. The lowest BCUT2D eigenvalue weighted by Gasteiger charge is -2.29. The van der Waals surface area contributed by atoms with Gasteiger partial charge in [0.2, 0.25) is 0 Å². The van der Waals surface area contributed by atoms with Gasteiger partial charge in [-0.2, -0.15) is 0 Å². The third-order valence-corrected chi connectivity index (χ3v) is 14.3. The summed E-state index contributed by atoms with van der Waals surface area (Å²) in [5, 5.41) is 4.67. The summed E-state index contributed by atoms with van der Waals surface area (Å²) in [6.07, 6.45) is 0. The van der Waals surface area contributed by atoms with Crippen LogP contribution in [0.25, 0.3) is 75.5 Å². The largest absolute Gasteiger partial charge is 0.455 e. The van der Waals surface area contributed by atoms with Gasteiger partial charge in [-0.25, -0.2) is 0 Å². The van der Waals surface area contributed by atoms with E-state index in [4.69, 9.17) is 4.42 Å². The lowest BCUT2D eigenvalue weighted by molar-refractivity contribution is 0.660. The third kappa shape index (κ3) is 4.52. The highest BCUT2D eigenvalue weighted by Crippen LogP contribution is 2.54. The fourth-order valence-corrected chi connectivity index (χ4v) is 11.4. The van der Waals surface area contributed by atoms with E-state index in [-0.39, 0.29) is 10.8 Å². The minimum Gasteiger partial charge on any atom is -0.455 e. The van der Waals surface area contributed by atoms with Crippen LogP contribution in [0, 0.1) is 0 Å². The van der Waals surface area contributed by atoms with Crippen molar-refractivity contribution in [2.45, 2.75) is 38.5 Å². The molecule has 0 radical (unpaired) electrons. The van der Waals surface area contributed by atoms with Gasteiger partial charge in [-0.1, -0.05) is 143 Å². The van der Waals surface area contributed by atoms with Gasteiger partial charge in [0, 0.05) is 48.4 Å². The molecule has 0 amide bonds. The quantitative estimate of drug-likeness (QED) is 0.178. The summed E-state index contributed by atoms with van der Waals surface area (Å²) in [5.74, 6) is 0. The number of para-hydroxylation sites is 1. The van der Waals surface area contributed by atoms with E-state index < -0.39 is 0 Å². The predicted octanol–water partition coefficient (Wildman–Crippen LogP) is 15.7. The van der Waals surface area contributed by atoms with Gasteiger partial charge in [0.1, 0.15) is 11.2 Å². The SMILES string of the molecule is CC1(C)c2ccccc2-c2ccc(-c3cccc(N(c4ccc5c(c4)C(C)(C)c4ccccc4-5)c4cc5c6ccccc6oc5c5c4sc4ccccc45)c3)cc21. The molecule has 0 bridgehead atoms. The van der Waals surface area contributed by atoms with Gasteiger partial charge in [-0.3, -0.25) is 0 Å². The van der Waals surface area contributed by atoms with Crippen molar-refractivity contribution in [3.05, 3.63) is 186 Å². The van der Waals surface area contributed by atoms with Gasteiger partial charge in [-0.15, -0.1) is 11.3 Å². The maximum Gasteiger partial charge on any atom is 0.144 e. The molecule has 3 heteroatoms. The number of benzene rings is 8. The Hall–Kier alpha value is -6.42. The van der Waals surface area contributed by atoms with Crippen molar-refractivity contribution in [3.8, 4) is 33.4 Å². The van der Waals surface area contributed by atoms with Crippen LogP contribution in [0.1, 0.15) is 49.9 Å². The van der Waals surface area contributed by atoms with E-state index in [9.17, 15) is 0 Å². The molecule has 12 rings (SSSR count). The van der Waals surface area contributed by atoms with E-state index in [1.54, 1.807) is 0 Å². The number of fused-ring (bicyclic) bond motifs is 13. The summed E-state index contributed by atoms with van der Waals surface area (Å²) < 4.78 is 9.21. The molecule has 0 aliphatic heterocycles. The summed E-state index contributed by atoms with van der Waals surface area (Å²) in [4.78, 5) is 2.51. The summed E-state index contributed by atoms with van der Waals surface area (Å²) in [5.41, 5.74) is 18.3. The van der Waals surface area contributed by atoms with Crippen LogP contribution in [-0.4, -0.2) is 0 Å². The van der Waals surface area contributed by atoms with E-state index in [2.05, 4.69) is 196 Å². The van der Waals surface area contributed by atoms with Crippen LogP contribution in [0.4, 0.5) is 17.1 Å². The van der Waals surface area contributed by atoms with Crippen LogP contribution in [-0.2, 0) is 10.8 Å². The minimum atomic E-state index is -0.137. The third-order valence-electron chi connectivity index (χ3n) is 13.1. The Bertz CT molecular complexity index is 3320. The van der Waals surface area contributed by atoms with E-state index in [1.807, 2.05) is 11.3 Å². The molecular formula is C54H39NOS. The monoisotopic (exact) mass is 749 g/mol. The highest BCUT2D eigenvalue weighted by Gasteiger charge is 2.37. The molecule has 2 heterocycles. The average molecular weight is 750 g/mol. The fourth-order valence-electron chi connectivity index (χ4n) is 10.2. The van der Waals surface area contributed by atoms with Crippen molar-refractivity contribution < 1.29 is 4.42 Å². The minimum absolute atomic E-state index is 0.0735. The number of anilines is 3. The molecule has 0 saturated carbocycles. The first-order chi connectivity index (χ1) is 27.8. The van der Waals surface area contributed by atoms with Gasteiger partial charge in [0.05, 0.1) is 10.4 Å². The predicted molar refractivity (Wildman–Crippen MR) is 242 cm³/mol. The van der Waals surface area contributed by atoms with E-state index >= 15 is 0 Å². The molecule has 57 heavy (non-hydrogen) atoms. The fraction of sp³-hybridized carbons (Fsp3) is 0.111. The van der Waals surface area contributed by atoms with Crippen LogP contribution in [0.5, 0.6) is 0 Å². The molecule has 272 valence electrons. The summed E-state index contributed by atoms with van der Waals surface area (Å²) in [6.45, 7) is 9.46. The summed E-state index contributed by atoms with van der Waals surface area (Å²) in [7, 11) is 0. The molecular weight excluding hydrogens is 711 g/mol. The zero-order valence-corrected chi connectivity index (χ0v) is 33.2. The van der Waals surface area contributed by atoms with Crippen molar-refractivity contribution in [2.75, 3.05) is 4.90 Å². The van der Waals surface area contributed by atoms with Crippen molar-refractivity contribution in [1.29, 1.82) is 0 Å². The molecule has 8 aromatic carbocycles. The highest BCUT2D eigenvalue weighted by molar-refractivity contribution is 7.26. The van der Waals surface area contributed by atoms with Gasteiger partial charge < -0.3 is 9.32 Å². The molecule has 2 aliphatic carbocycles. The molecule has 0 fully saturated rings. The molecule has 0 atom stereocenters. The van der Waals surface area contributed by atoms with Crippen LogP contribution in [0.3, 0.4) is 0 Å². The van der Waals surface area contributed by atoms with Crippen molar-refractivity contribution in [3.63, 3.8) is 0 Å². The van der Waals surface area contributed by atoms with Crippen LogP contribution in [0.15, 0.2) is 168 Å². The molecule has 2 nitrogen and oxygen atoms in total. The van der Waals surface area contributed by atoms with E-state index in [0.717, 1.165) is 39.0 Å². The zero-order chi connectivity index (χ0) is 38.2. The Morgan fingerprint density at radius 2 is 1.05 bits per heavy atom. The lowest BCUT2D eigenvalue weighted by Crippen LogP contribution is -2.16. The number of furan rings is 1. The second-order valence-corrected chi connectivity index (χ2v) is 17.9. The van der Waals surface area contributed by atoms with Gasteiger partial charge in [0.25, 0.3) is 0 Å². The van der Waals surface area contributed by atoms with E-state index in [1.165, 1.54) is 75.8 Å². The topological polar surface area (TPSA) is 16.4 Å². The molecule has 0 N–H and O–H groups in total. The first kappa shape index (κ1) is 32.8. The highest BCUT2D eigenvalue weighted by atomic mass is 32.1. The number of thiophene rings is 1.